The van der Waals surface area contributed by atoms with E-state index in [2.05, 4.69) is 4.90 Å². The minimum atomic E-state index is -0.637. The van der Waals surface area contributed by atoms with Crippen LogP contribution in [0.5, 0.6) is 0 Å². The third-order valence-corrected chi connectivity index (χ3v) is 5.89. The highest BCUT2D eigenvalue weighted by Gasteiger charge is 2.37. The molecule has 3 aliphatic heterocycles. The molecule has 3 saturated heterocycles. The number of aliphatic hydroxyl groups is 1. The first-order valence-electron chi connectivity index (χ1n) is 9.43. The van der Waals surface area contributed by atoms with Gasteiger partial charge in [0.2, 0.25) is 5.91 Å². The summed E-state index contributed by atoms with van der Waals surface area (Å²) in [5.41, 5.74) is -0.637. The quantitative estimate of drug-likeness (QED) is 0.805. The molecule has 3 fully saturated rings. The fourth-order valence-electron chi connectivity index (χ4n) is 4.38. The lowest BCUT2D eigenvalue weighted by Crippen LogP contribution is -2.52. The Morgan fingerprint density at radius 1 is 1.25 bits per heavy atom. The molecule has 138 valence electrons. The lowest BCUT2D eigenvalue weighted by molar-refractivity contribution is -0.134. The van der Waals surface area contributed by atoms with Crippen molar-refractivity contribution in [3.8, 4) is 0 Å². The topological polar surface area (TPSA) is 62.2 Å². The van der Waals surface area contributed by atoms with E-state index in [4.69, 9.17) is 9.47 Å². The van der Waals surface area contributed by atoms with Crippen LogP contribution in [0, 0.1) is 5.92 Å². The van der Waals surface area contributed by atoms with Crippen LogP contribution in [0.3, 0.4) is 0 Å². The zero-order valence-electron chi connectivity index (χ0n) is 14.9. The summed E-state index contributed by atoms with van der Waals surface area (Å²) in [6.07, 6.45) is 5.31. The molecule has 0 saturated carbocycles. The van der Waals surface area contributed by atoms with E-state index in [1.54, 1.807) is 7.11 Å². The van der Waals surface area contributed by atoms with Gasteiger partial charge in [0.15, 0.2) is 0 Å². The number of likely N-dealkylation sites (tertiary alicyclic amines) is 2. The molecule has 3 aliphatic rings. The van der Waals surface area contributed by atoms with Crippen molar-refractivity contribution in [3.05, 3.63) is 0 Å². The van der Waals surface area contributed by atoms with Crippen molar-refractivity contribution in [2.24, 2.45) is 5.92 Å². The smallest absolute Gasteiger partial charge is 0.222 e. The summed E-state index contributed by atoms with van der Waals surface area (Å²) >= 11 is 0. The molecule has 0 aromatic rings. The lowest BCUT2D eigenvalue weighted by atomic mass is 9.88. The van der Waals surface area contributed by atoms with Gasteiger partial charge < -0.3 is 19.5 Å². The molecular formula is C18H32N2O4. The second kappa shape index (κ2) is 8.13. The molecular weight excluding hydrogens is 308 g/mol. The second-order valence-electron chi connectivity index (χ2n) is 7.69. The van der Waals surface area contributed by atoms with Gasteiger partial charge in [0.25, 0.3) is 0 Å². The molecule has 24 heavy (non-hydrogen) atoms. The number of amides is 1. The van der Waals surface area contributed by atoms with Crippen LogP contribution < -0.4 is 0 Å². The molecule has 0 unspecified atom stereocenters. The molecule has 0 radical (unpaired) electrons. The average Bonchev–Trinajstić information content (AvgIpc) is 3.10. The van der Waals surface area contributed by atoms with Gasteiger partial charge in [-0.15, -0.1) is 0 Å². The lowest BCUT2D eigenvalue weighted by Gasteiger charge is -2.42. The minimum Gasteiger partial charge on any atom is -0.388 e. The summed E-state index contributed by atoms with van der Waals surface area (Å²) in [6.45, 7) is 5.54. The third kappa shape index (κ3) is 4.48. The molecule has 3 heterocycles. The molecule has 6 nitrogen and oxygen atoms in total. The Kier molecular flexibility index (Phi) is 6.13. The van der Waals surface area contributed by atoms with Crippen LogP contribution in [-0.2, 0) is 14.3 Å². The first kappa shape index (κ1) is 18.1. The Morgan fingerprint density at radius 3 is 2.62 bits per heavy atom. The number of ether oxygens (including phenoxy) is 2. The van der Waals surface area contributed by atoms with Crippen molar-refractivity contribution in [2.45, 2.75) is 50.2 Å². The molecule has 0 aromatic heterocycles. The van der Waals surface area contributed by atoms with Crippen LogP contribution in [0.25, 0.3) is 0 Å². The van der Waals surface area contributed by atoms with Crippen LogP contribution >= 0.6 is 0 Å². The van der Waals surface area contributed by atoms with E-state index in [-0.39, 0.29) is 17.9 Å². The minimum absolute atomic E-state index is 0.150. The molecule has 0 spiro atoms. The fourth-order valence-corrected chi connectivity index (χ4v) is 4.38. The number of carbonyl (C=O) groups excluding carboxylic acids is 1. The maximum atomic E-state index is 12.5. The van der Waals surface area contributed by atoms with Crippen molar-refractivity contribution in [2.75, 3.05) is 53.0 Å². The summed E-state index contributed by atoms with van der Waals surface area (Å²) in [4.78, 5) is 16.8. The van der Waals surface area contributed by atoms with Crippen molar-refractivity contribution >= 4 is 5.91 Å². The number of hydrogen-bond acceptors (Lipinski definition) is 5. The Labute approximate surface area is 145 Å². The Bertz CT molecular complexity index is 419. The number of methoxy groups -OCH3 is 1. The van der Waals surface area contributed by atoms with E-state index in [1.807, 2.05) is 4.90 Å². The van der Waals surface area contributed by atoms with Gasteiger partial charge >= 0.3 is 0 Å². The van der Waals surface area contributed by atoms with Crippen LogP contribution in [-0.4, -0.2) is 85.6 Å². The molecule has 2 atom stereocenters. The standard InChI is InChI=1S/C18H32N2O4/c1-23-16-4-9-19(14-18(22)5-10-24-11-6-18)13-15(16)12-17(21)20-7-2-3-8-20/h15-16,22H,2-14H2,1H3/t15-,16-/m1/s1. The van der Waals surface area contributed by atoms with Gasteiger partial charge in [0.05, 0.1) is 11.7 Å². The molecule has 6 heteroatoms. The first-order valence-corrected chi connectivity index (χ1v) is 9.43. The number of rotatable bonds is 5. The molecule has 1 N–H and O–H groups in total. The molecule has 0 bridgehead atoms. The van der Waals surface area contributed by atoms with Crippen LogP contribution in [0.15, 0.2) is 0 Å². The Morgan fingerprint density at radius 2 is 1.96 bits per heavy atom. The number of hydrogen-bond donors (Lipinski definition) is 1. The highest BCUT2D eigenvalue weighted by molar-refractivity contribution is 5.76. The molecule has 3 rings (SSSR count). The van der Waals surface area contributed by atoms with Crippen LogP contribution in [0.4, 0.5) is 0 Å². The summed E-state index contributed by atoms with van der Waals surface area (Å²) in [6, 6.07) is 0. The van der Waals surface area contributed by atoms with Crippen molar-refractivity contribution in [3.63, 3.8) is 0 Å². The molecule has 0 aromatic carbocycles. The predicted molar refractivity (Wildman–Crippen MR) is 90.8 cm³/mol. The van der Waals surface area contributed by atoms with Gasteiger partial charge in [0, 0.05) is 78.2 Å². The van der Waals surface area contributed by atoms with Crippen LogP contribution in [0.1, 0.15) is 38.5 Å². The average molecular weight is 340 g/mol. The van der Waals surface area contributed by atoms with E-state index < -0.39 is 5.60 Å². The van der Waals surface area contributed by atoms with E-state index in [1.165, 1.54) is 0 Å². The summed E-state index contributed by atoms with van der Waals surface area (Å²) < 4.78 is 11.0. The van der Waals surface area contributed by atoms with Crippen molar-refractivity contribution < 1.29 is 19.4 Å². The normalized spacial score (nSPS) is 31.3. The highest BCUT2D eigenvalue weighted by Crippen LogP contribution is 2.28. The first-order chi connectivity index (χ1) is 11.6. The van der Waals surface area contributed by atoms with E-state index >= 15 is 0 Å². The van der Waals surface area contributed by atoms with Gasteiger partial charge in [-0.2, -0.15) is 0 Å². The van der Waals surface area contributed by atoms with Gasteiger partial charge in [-0.25, -0.2) is 0 Å². The second-order valence-corrected chi connectivity index (χ2v) is 7.69. The molecule has 1 amide bonds. The Hall–Kier alpha value is -0.690. The zero-order valence-corrected chi connectivity index (χ0v) is 14.9. The predicted octanol–water partition coefficient (Wildman–Crippen LogP) is 0.877. The maximum Gasteiger partial charge on any atom is 0.222 e. The largest absolute Gasteiger partial charge is 0.388 e. The number of piperidine rings is 1. The number of carbonyl (C=O) groups is 1. The number of nitrogens with zero attached hydrogens (tertiary/aromatic N) is 2. The van der Waals surface area contributed by atoms with Gasteiger partial charge in [-0.05, 0) is 19.3 Å². The van der Waals surface area contributed by atoms with Crippen molar-refractivity contribution in [1.82, 2.24) is 9.80 Å². The molecule has 0 aliphatic carbocycles. The maximum absolute atomic E-state index is 12.5. The summed E-state index contributed by atoms with van der Waals surface area (Å²) in [5, 5.41) is 10.8. The van der Waals surface area contributed by atoms with Crippen molar-refractivity contribution in [1.29, 1.82) is 0 Å². The fraction of sp³-hybridized carbons (Fsp3) is 0.944. The SMILES string of the molecule is CO[C@@H]1CCN(CC2(O)CCOCC2)C[C@H]1CC(=O)N1CCCC1. The van der Waals surface area contributed by atoms with Crippen LogP contribution in [0.2, 0.25) is 0 Å². The summed E-state index contributed by atoms with van der Waals surface area (Å²) in [5.74, 6) is 0.492. The van der Waals surface area contributed by atoms with Gasteiger partial charge in [-0.3, -0.25) is 9.69 Å². The van der Waals surface area contributed by atoms with E-state index in [0.29, 0.717) is 39.0 Å². The van der Waals surface area contributed by atoms with E-state index in [9.17, 15) is 9.90 Å². The Balaban J connectivity index is 1.55. The van der Waals surface area contributed by atoms with E-state index in [0.717, 1.165) is 45.4 Å². The van der Waals surface area contributed by atoms with Gasteiger partial charge in [-0.1, -0.05) is 0 Å². The number of β-amino-alcohol motifs (C(OH)–C–C–N with tert-alkyl or cyclic N) is 1. The highest BCUT2D eigenvalue weighted by atomic mass is 16.5. The summed E-state index contributed by atoms with van der Waals surface area (Å²) in [7, 11) is 1.75. The third-order valence-electron chi connectivity index (χ3n) is 5.89. The monoisotopic (exact) mass is 340 g/mol. The zero-order chi connectivity index (χ0) is 17.0. The van der Waals surface area contributed by atoms with Gasteiger partial charge in [0.1, 0.15) is 0 Å².